The average Bonchev–Trinajstić information content (AvgIpc) is 3.24. The molecule has 0 spiro atoms. The molecule has 0 aliphatic heterocycles. The summed E-state index contributed by atoms with van der Waals surface area (Å²) in [4.78, 5) is 0. The first-order chi connectivity index (χ1) is 27.5. The maximum absolute atomic E-state index is 6.45. The van der Waals surface area contributed by atoms with Crippen molar-refractivity contribution in [2.24, 2.45) is 0 Å². The normalized spacial score (nSPS) is 10.5. The molecule has 7 aromatic rings. The average molecular weight is 747 g/mol. The predicted molar refractivity (Wildman–Crippen MR) is 225 cm³/mol. The maximum atomic E-state index is 6.45. The van der Waals surface area contributed by atoms with Crippen LogP contribution in [0, 0.1) is 0 Å². The zero-order valence-corrected chi connectivity index (χ0v) is 31.5. The van der Waals surface area contributed by atoms with E-state index in [4.69, 9.17) is 28.4 Å². The van der Waals surface area contributed by atoms with E-state index in [0.29, 0.717) is 23.0 Å². The van der Waals surface area contributed by atoms with Gasteiger partial charge in [-0.1, -0.05) is 0 Å². The van der Waals surface area contributed by atoms with Crippen molar-refractivity contribution in [2.45, 2.75) is 0 Å². The van der Waals surface area contributed by atoms with E-state index in [1.807, 2.05) is 158 Å². The first kappa shape index (κ1) is 36.9. The number of anilines is 8. The highest BCUT2D eigenvalue weighted by Gasteiger charge is 2.12. The molecule has 282 valence electrons. The number of nitrogens with one attached hydrogen (secondary N) is 4. The Morgan fingerprint density at radius 2 is 0.518 bits per heavy atom. The molecule has 10 heteroatoms. The van der Waals surface area contributed by atoms with Crippen LogP contribution < -0.4 is 49.7 Å². The molecule has 0 saturated carbocycles. The van der Waals surface area contributed by atoms with Gasteiger partial charge in [0.2, 0.25) is 0 Å². The van der Waals surface area contributed by atoms with E-state index in [2.05, 4.69) is 21.3 Å². The lowest BCUT2D eigenvalue weighted by molar-refractivity contribution is 0.415. The van der Waals surface area contributed by atoms with Gasteiger partial charge in [0.25, 0.3) is 0 Å². The quantitative estimate of drug-likeness (QED) is 0.0764. The van der Waals surface area contributed by atoms with Crippen LogP contribution in [-0.4, -0.2) is 28.4 Å². The number of hydrogen-bond donors (Lipinski definition) is 4. The first-order valence-corrected chi connectivity index (χ1v) is 17.8. The van der Waals surface area contributed by atoms with E-state index in [9.17, 15) is 0 Å². The third-order valence-electron chi connectivity index (χ3n) is 8.73. The molecule has 56 heavy (non-hydrogen) atoms. The molecule has 0 aromatic heterocycles. The monoisotopic (exact) mass is 746 g/mol. The summed E-state index contributed by atoms with van der Waals surface area (Å²) in [6, 6.07) is 50.3. The van der Waals surface area contributed by atoms with Gasteiger partial charge < -0.3 is 49.7 Å². The van der Waals surface area contributed by atoms with Crippen LogP contribution in [0.2, 0.25) is 0 Å². The minimum Gasteiger partial charge on any atom is -0.497 e. The summed E-state index contributed by atoms with van der Waals surface area (Å²) in [5, 5.41) is 13.9. The fraction of sp³-hybridized carbons (Fsp3) is 0.0870. The van der Waals surface area contributed by atoms with Crippen molar-refractivity contribution in [3.8, 4) is 46.0 Å². The number of hydrogen-bond acceptors (Lipinski definition) is 10. The Kier molecular flexibility index (Phi) is 11.6. The lowest BCUT2D eigenvalue weighted by Crippen LogP contribution is -1.98. The van der Waals surface area contributed by atoms with Crippen molar-refractivity contribution < 1.29 is 28.4 Å². The van der Waals surface area contributed by atoms with Gasteiger partial charge in [-0.05, 0) is 158 Å². The second-order valence-electron chi connectivity index (χ2n) is 12.5. The number of methoxy groups -OCH3 is 4. The zero-order valence-electron chi connectivity index (χ0n) is 31.5. The second kappa shape index (κ2) is 17.6. The number of ether oxygens (including phenoxy) is 6. The zero-order chi connectivity index (χ0) is 38.7. The van der Waals surface area contributed by atoms with Crippen molar-refractivity contribution in [1.29, 1.82) is 0 Å². The molecule has 7 rings (SSSR count). The van der Waals surface area contributed by atoms with E-state index in [0.717, 1.165) is 68.5 Å². The van der Waals surface area contributed by atoms with Crippen LogP contribution >= 0.6 is 0 Å². The van der Waals surface area contributed by atoms with Crippen LogP contribution in [0.4, 0.5) is 45.5 Å². The molecule has 0 aliphatic carbocycles. The third-order valence-corrected chi connectivity index (χ3v) is 8.73. The molecule has 7 aromatic carbocycles. The molecule has 0 atom stereocenters. The van der Waals surface area contributed by atoms with Crippen molar-refractivity contribution in [3.05, 3.63) is 158 Å². The highest BCUT2D eigenvalue weighted by atomic mass is 16.5. The summed E-state index contributed by atoms with van der Waals surface area (Å²) in [6.07, 6.45) is 0. The summed E-state index contributed by atoms with van der Waals surface area (Å²) >= 11 is 0. The Labute approximate surface area is 326 Å². The fourth-order valence-electron chi connectivity index (χ4n) is 5.76. The molecular weight excluding hydrogens is 705 g/mol. The Bertz CT molecular complexity index is 2170. The fourth-order valence-corrected chi connectivity index (χ4v) is 5.76. The molecule has 4 N–H and O–H groups in total. The van der Waals surface area contributed by atoms with Crippen LogP contribution in [0.1, 0.15) is 0 Å². The number of benzene rings is 7. The molecule has 0 fully saturated rings. The van der Waals surface area contributed by atoms with Gasteiger partial charge in [0.1, 0.15) is 34.5 Å². The Morgan fingerprint density at radius 3 is 0.804 bits per heavy atom. The third kappa shape index (κ3) is 9.55. The smallest absolute Gasteiger partial charge is 0.151 e. The molecule has 10 nitrogen and oxygen atoms in total. The summed E-state index contributed by atoms with van der Waals surface area (Å²) in [5.41, 5.74) is 6.92. The highest BCUT2D eigenvalue weighted by molar-refractivity contribution is 5.76. The summed E-state index contributed by atoms with van der Waals surface area (Å²) in [6.45, 7) is 0. The molecule has 0 aliphatic rings. The molecule has 0 saturated heterocycles. The molecule has 0 heterocycles. The standard InChI is InChI=1S/C46H42N4O6/c1-51-37-15-5-31(6-16-37)47-35-13-27-45(43(29-35)49-33-9-19-39(53-3)20-10-33)55-41-23-25-42(26-24-41)56-46-28-14-36(48-32-7-17-38(52-2)18-8-32)30-44(46)50-34-11-21-40(54-4)22-12-34/h5-30,47-50H,1-4H3. The van der Waals surface area contributed by atoms with E-state index < -0.39 is 0 Å². The van der Waals surface area contributed by atoms with Crippen molar-refractivity contribution in [2.75, 3.05) is 49.7 Å². The van der Waals surface area contributed by atoms with E-state index >= 15 is 0 Å². The van der Waals surface area contributed by atoms with Crippen LogP contribution in [-0.2, 0) is 0 Å². The van der Waals surface area contributed by atoms with Gasteiger partial charge >= 0.3 is 0 Å². The largest absolute Gasteiger partial charge is 0.497 e. The van der Waals surface area contributed by atoms with Crippen LogP contribution in [0.15, 0.2) is 158 Å². The van der Waals surface area contributed by atoms with Crippen LogP contribution in [0.5, 0.6) is 46.0 Å². The molecular formula is C46H42N4O6. The lowest BCUT2D eigenvalue weighted by atomic mass is 10.2. The first-order valence-electron chi connectivity index (χ1n) is 17.8. The second-order valence-corrected chi connectivity index (χ2v) is 12.5. The van der Waals surface area contributed by atoms with Gasteiger partial charge in [-0.15, -0.1) is 0 Å². The minimum atomic E-state index is 0.640. The van der Waals surface area contributed by atoms with Crippen molar-refractivity contribution >= 4 is 45.5 Å². The topological polar surface area (TPSA) is 104 Å². The van der Waals surface area contributed by atoms with Gasteiger partial charge in [0.15, 0.2) is 11.5 Å². The Morgan fingerprint density at radius 1 is 0.268 bits per heavy atom. The van der Waals surface area contributed by atoms with Crippen molar-refractivity contribution in [1.82, 2.24) is 0 Å². The number of rotatable bonds is 16. The highest BCUT2D eigenvalue weighted by Crippen LogP contribution is 2.39. The van der Waals surface area contributed by atoms with Crippen LogP contribution in [0.25, 0.3) is 0 Å². The van der Waals surface area contributed by atoms with Crippen LogP contribution in [0.3, 0.4) is 0 Å². The molecule has 0 amide bonds. The minimum absolute atomic E-state index is 0.640. The van der Waals surface area contributed by atoms with Gasteiger partial charge in [-0.25, -0.2) is 0 Å². The summed E-state index contributed by atoms with van der Waals surface area (Å²) < 4.78 is 34.2. The Balaban J connectivity index is 1.10. The maximum Gasteiger partial charge on any atom is 0.151 e. The van der Waals surface area contributed by atoms with Crippen molar-refractivity contribution in [3.63, 3.8) is 0 Å². The predicted octanol–water partition coefficient (Wildman–Crippen LogP) is 12.3. The molecule has 0 bridgehead atoms. The van der Waals surface area contributed by atoms with Gasteiger partial charge in [0.05, 0.1) is 39.8 Å². The van der Waals surface area contributed by atoms with Gasteiger partial charge in [-0.2, -0.15) is 0 Å². The van der Waals surface area contributed by atoms with E-state index in [-0.39, 0.29) is 0 Å². The van der Waals surface area contributed by atoms with Gasteiger partial charge in [-0.3, -0.25) is 0 Å². The van der Waals surface area contributed by atoms with E-state index in [1.165, 1.54) is 0 Å². The summed E-state index contributed by atoms with van der Waals surface area (Å²) in [7, 11) is 6.60. The SMILES string of the molecule is COc1ccc(Nc2ccc(Oc3ccc(Oc4ccc(Nc5ccc(OC)cc5)cc4Nc4ccc(OC)cc4)cc3)c(Nc3ccc(OC)cc3)c2)cc1. The molecule has 0 unspecified atom stereocenters. The Hall–Kier alpha value is -7.46. The van der Waals surface area contributed by atoms with Gasteiger partial charge in [0, 0.05) is 34.1 Å². The molecule has 0 radical (unpaired) electrons. The lowest BCUT2D eigenvalue weighted by Gasteiger charge is -2.17. The van der Waals surface area contributed by atoms with E-state index in [1.54, 1.807) is 28.4 Å². The summed E-state index contributed by atoms with van der Waals surface area (Å²) in [5.74, 6) is 5.69.